The fraction of sp³-hybridized carbons (Fsp3) is 0.0625. The monoisotopic (exact) mass is 293 g/mol. The molecule has 0 saturated carbocycles. The molecular weight excluding hydrogens is 278 g/mol. The van der Waals surface area contributed by atoms with Gasteiger partial charge in [0.15, 0.2) is 5.82 Å². The molecule has 0 bridgehead atoms. The highest BCUT2D eigenvalue weighted by atomic mass is 16.5. The van der Waals surface area contributed by atoms with Gasteiger partial charge >= 0.3 is 0 Å². The topological polar surface area (TPSA) is 86.0 Å². The Morgan fingerprint density at radius 1 is 1.00 bits per heavy atom. The Hall–Kier alpha value is -3.15. The number of pyridine rings is 1. The van der Waals surface area contributed by atoms with Crippen molar-refractivity contribution in [2.24, 2.45) is 0 Å². The zero-order chi connectivity index (χ0) is 15.4. The maximum absolute atomic E-state index is 6.08. The van der Waals surface area contributed by atoms with Crippen LogP contribution in [0.1, 0.15) is 5.69 Å². The van der Waals surface area contributed by atoms with E-state index in [4.69, 9.17) is 10.5 Å². The number of nitrogens with two attached hydrogens (primary N) is 1. The van der Waals surface area contributed by atoms with E-state index in [0.29, 0.717) is 29.0 Å². The predicted octanol–water partition coefficient (Wildman–Crippen LogP) is 3.30. The minimum Gasteiger partial charge on any atom is -0.437 e. The van der Waals surface area contributed by atoms with Crippen molar-refractivity contribution >= 4 is 17.3 Å². The van der Waals surface area contributed by atoms with Gasteiger partial charge in [0.05, 0.1) is 0 Å². The lowest BCUT2D eigenvalue weighted by molar-refractivity contribution is 0.464. The summed E-state index contributed by atoms with van der Waals surface area (Å²) in [6, 6.07) is 15.0. The summed E-state index contributed by atoms with van der Waals surface area (Å²) in [5.41, 5.74) is 7.31. The molecule has 6 nitrogen and oxygen atoms in total. The lowest BCUT2D eigenvalue weighted by Gasteiger charge is -2.11. The van der Waals surface area contributed by atoms with Gasteiger partial charge in [-0.1, -0.05) is 24.3 Å². The van der Waals surface area contributed by atoms with Crippen molar-refractivity contribution in [1.29, 1.82) is 0 Å². The number of benzene rings is 1. The van der Waals surface area contributed by atoms with Gasteiger partial charge in [-0.25, -0.2) is 9.97 Å². The van der Waals surface area contributed by atoms with Crippen LogP contribution in [0, 0.1) is 6.92 Å². The number of para-hydroxylation sites is 1. The highest BCUT2D eigenvalue weighted by Gasteiger charge is 2.11. The van der Waals surface area contributed by atoms with E-state index < -0.39 is 0 Å². The molecule has 0 fully saturated rings. The van der Waals surface area contributed by atoms with Crippen molar-refractivity contribution in [2.75, 3.05) is 11.1 Å². The van der Waals surface area contributed by atoms with Crippen LogP contribution in [0.25, 0.3) is 0 Å². The largest absolute Gasteiger partial charge is 0.437 e. The number of ether oxygens (including phenoxy) is 1. The summed E-state index contributed by atoms with van der Waals surface area (Å²) in [5.74, 6) is 2.08. The third-order valence-electron chi connectivity index (χ3n) is 2.94. The van der Waals surface area contributed by atoms with Gasteiger partial charge in [-0.3, -0.25) is 0 Å². The number of nitrogens with one attached hydrogen (secondary N) is 1. The summed E-state index contributed by atoms with van der Waals surface area (Å²) in [6.07, 6.45) is 1.40. The first-order valence-electron chi connectivity index (χ1n) is 6.76. The molecule has 0 atom stereocenters. The number of nitrogens with zero attached hydrogens (tertiary/aromatic N) is 3. The second-order valence-corrected chi connectivity index (χ2v) is 4.65. The molecule has 3 aromatic rings. The summed E-state index contributed by atoms with van der Waals surface area (Å²) >= 11 is 0. The molecule has 2 heterocycles. The summed E-state index contributed by atoms with van der Waals surface area (Å²) in [5, 5.41) is 3.07. The first-order valence-corrected chi connectivity index (χ1v) is 6.76. The number of rotatable bonds is 4. The van der Waals surface area contributed by atoms with Gasteiger partial charge in [-0.15, -0.1) is 0 Å². The quantitative estimate of drug-likeness (QED) is 0.767. The molecule has 0 radical (unpaired) electrons. The molecule has 3 rings (SSSR count). The van der Waals surface area contributed by atoms with Crippen LogP contribution in [-0.2, 0) is 0 Å². The van der Waals surface area contributed by atoms with E-state index in [9.17, 15) is 0 Å². The number of nitrogen functional groups attached to an aromatic ring is 1. The molecule has 0 amide bonds. The minimum atomic E-state index is 0.302. The predicted molar refractivity (Wildman–Crippen MR) is 85.2 cm³/mol. The zero-order valence-corrected chi connectivity index (χ0v) is 12.0. The van der Waals surface area contributed by atoms with Crippen molar-refractivity contribution in [1.82, 2.24) is 15.0 Å². The van der Waals surface area contributed by atoms with Gasteiger partial charge in [0.2, 0.25) is 5.88 Å². The minimum absolute atomic E-state index is 0.302. The SMILES string of the molecule is Cc1cccc(Nc2ncnc(Oc3ccccc3)c2N)n1. The Bertz CT molecular complexity index is 776. The van der Waals surface area contributed by atoms with Crippen molar-refractivity contribution in [3.05, 3.63) is 60.6 Å². The van der Waals surface area contributed by atoms with Crippen molar-refractivity contribution in [2.45, 2.75) is 6.92 Å². The van der Waals surface area contributed by atoms with Crippen LogP contribution in [0.15, 0.2) is 54.9 Å². The van der Waals surface area contributed by atoms with E-state index in [1.54, 1.807) is 0 Å². The number of anilines is 3. The molecule has 22 heavy (non-hydrogen) atoms. The molecule has 1 aromatic carbocycles. The third-order valence-corrected chi connectivity index (χ3v) is 2.94. The third kappa shape index (κ3) is 3.12. The van der Waals surface area contributed by atoms with E-state index in [1.807, 2.05) is 55.5 Å². The van der Waals surface area contributed by atoms with Crippen LogP contribution >= 0.6 is 0 Å². The van der Waals surface area contributed by atoms with E-state index >= 15 is 0 Å². The van der Waals surface area contributed by atoms with Crippen LogP contribution in [-0.4, -0.2) is 15.0 Å². The van der Waals surface area contributed by atoms with Crippen LogP contribution in [0.5, 0.6) is 11.6 Å². The number of aromatic nitrogens is 3. The van der Waals surface area contributed by atoms with Crippen LogP contribution in [0.2, 0.25) is 0 Å². The van der Waals surface area contributed by atoms with Crippen molar-refractivity contribution in [3.63, 3.8) is 0 Å². The molecule has 0 spiro atoms. The molecule has 110 valence electrons. The van der Waals surface area contributed by atoms with Crippen LogP contribution in [0.3, 0.4) is 0 Å². The maximum atomic E-state index is 6.08. The van der Waals surface area contributed by atoms with Crippen LogP contribution in [0.4, 0.5) is 17.3 Å². The highest BCUT2D eigenvalue weighted by Crippen LogP contribution is 2.30. The Morgan fingerprint density at radius 2 is 1.82 bits per heavy atom. The molecule has 0 aliphatic heterocycles. The molecule has 0 saturated heterocycles. The summed E-state index contributed by atoms with van der Waals surface area (Å²) in [4.78, 5) is 12.6. The van der Waals surface area contributed by atoms with Crippen LogP contribution < -0.4 is 15.8 Å². The molecule has 0 unspecified atom stereocenters. The van der Waals surface area contributed by atoms with Gasteiger partial charge in [0.25, 0.3) is 0 Å². The lowest BCUT2D eigenvalue weighted by atomic mass is 10.3. The van der Waals surface area contributed by atoms with E-state index in [2.05, 4.69) is 20.3 Å². The second-order valence-electron chi connectivity index (χ2n) is 4.65. The average molecular weight is 293 g/mol. The van der Waals surface area contributed by atoms with Crippen molar-refractivity contribution in [3.8, 4) is 11.6 Å². The number of aryl methyl sites for hydroxylation is 1. The lowest BCUT2D eigenvalue weighted by Crippen LogP contribution is -2.04. The average Bonchev–Trinajstić information content (AvgIpc) is 2.52. The number of hydrogen-bond donors (Lipinski definition) is 2. The van der Waals surface area contributed by atoms with E-state index in [-0.39, 0.29) is 0 Å². The summed E-state index contributed by atoms with van der Waals surface area (Å²) in [7, 11) is 0. The standard InChI is InChI=1S/C16H15N5O/c1-11-6-5-9-13(20-11)21-15-14(17)16(19-10-18-15)22-12-7-3-2-4-8-12/h2-10H,17H2,1H3,(H,18,19,20,21). The van der Waals surface area contributed by atoms with Gasteiger partial charge in [0, 0.05) is 5.69 Å². The summed E-state index contributed by atoms with van der Waals surface area (Å²) < 4.78 is 5.67. The zero-order valence-electron chi connectivity index (χ0n) is 12.0. The van der Waals surface area contributed by atoms with Crippen molar-refractivity contribution < 1.29 is 4.74 Å². The smallest absolute Gasteiger partial charge is 0.248 e. The fourth-order valence-corrected chi connectivity index (χ4v) is 1.89. The normalized spacial score (nSPS) is 10.2. The summed E-state index contributed by atoms with van der Waals surface area (Å²) in [6.45, 7) is 1.92. The molecule has 6 heteroatoms. The first kappa shape index (κ1) is 13.8. The molecule has 0 aliphatic carbocycles. The van der Waals surface area contributed by atoms with Gasteiger partial charge in [-0.2, -0.15) is 4.98 Å². The second kappa shape index (κ2) is 6.09. The van der Waals surface area contributed by atoms with E-state index in [0.717, 1.165) is 5.69 Å². The Labute approximate surface area is 128 Å². The van der Waals surface area contributed by atoms with Gasteiger partial charge in [-0.05, 0) is 31.2 Å². The van der Waals surface area contributed by atoms with E-state index in [1.165, 1.54) is 6.33 Å². The first-order chi connectivity index (χ1) is 10.7. The Kier molecular flexibility index (Phi) is 3.82. The number of hydrogen-bond acceptors (Lipinski definition) is 6. The molecule has 0 aliphatic rings. The molecule has 2 aromatic heterocycles. The Balaban J connectivity index is 1.86. The Morgan fingerprint density at radius 3 is 2.59 bits per heavy atom. The highest BCUT2D eigenvalue weighted by molar-refractivity contribution is 5.71. The maximum Gasteiger partial charge on any atom is 0.248 e. The molecular formula is C16H15N5O. The fourth-order valence-electron chi connectivity index (χ4n) is 1.89. The van der Waals surface area contributed by atoms with Gasteiger partial charge < -0.3 is 15.8 Å². The molecule has 3 N–H and O–H groups in total. The van der Waals surface area contributed by atoms with Gasteiger partial charge in [0.1, 0.15) is 23.6 Å².